The Morgan fingerprint density at radius 3 is 2.56 bits per heavy atom. The van der Waals surface area contributed by atoms with Crippen LogP contribution in [0, 0.1) is 12.8 Å². The highest BCUT2D eigenvalue weighted by Crippen LogP contribution is 2.27. The van der Waals surface area contributed by atoms with Crippen LogP contribution in [0.5, 0.6) is 0 Å². The van der Waals surface area contributed by atoms with E-state index in [9.17, 15) is 0 Å². The third-order valence-corrected chi connectivity index (χ3v) is 2.65. The Morgan fingerprint density at radius 1 is 1.38 bits per heavy atom. The van der Waals surface area contributed by atoms with Crippen molar-refractivity contribution in [3.8, 4) is 0 Å². The van der Waals surface area contributed by atoms with E-state index in [4.69, 9.17) is 0 Å². The van der Waals surface area contributed by atoms with Crippen molar-refractivity contribution in [2.24, 2.45) is 5.92 Å². The Bertz CT molecular complexity index is 394. The number of hydrogen-bond acceptors (Lipinski definition) is 0. The molecule has 1 rings (SSSR count). The third-order valence-electron chi connectivity index (χ3n) is 2.65. The Hall–Kier alpha value is -1.30. The van der Waals surface area contributed by atoms with Crippen LogP contribution in [0.1, 0.15) is 38.3 Å². The van der Waals surface area contributed by atoms with Gasteiger partial charge in [-0.1, -0.05) is 56.3 Å². The smallest absolute Gasteiger partial charge is 0.0182 e. The van der Waals surface area contributed by atoms with Gasteiger partial charge in [0.1, 0.15) is 0 Å². The molecule has 0 nitrogen and oxygen atoms in total. The number of hydrogen-bond donors (Lipinski definition) is 0. The lowest BCUT2D eigenvalue weighted by atomic mass is 9.92. The van der Waals surface area contributed by atoms with Gasteiger partial charge in [-0.15, -0.1) is 0 Å². The van der Waals surface area contributed by atoms with Crippen LogP contribution in [-0.2, 0) is 0 Å². The summed E-state index contributed by atoms with van der Waals surface area (Å²) in [5.41, 5.74) is 5.11. The van der Waals surface area contributed by atoms with Crippen molar-refractivity contribution in [1.29, 1.82) is 0 Å². The molecule has 1 aromatic rings. The Kier molecular flexibility index (Phi) is 4.54. The van der Waals surface area contributed by atoms with Gasteiger partial charge >= 0.3 is 0 Å². The maximum absolute atomic E-state index is 4.20. The van der Waals surface area contributed by atoms with E-state index in [1.54, 1.807) is 0 Å². The summed E-state index contributed by atoms with van der Waals surface area (Å²) in [5.74, 6) is 0.659. The lowest BCUT2D eigenvalue weighted by molar-refractivity contribution is 0.653. The van der Waals surface area contributed by atoms with Crippen molar-refractivity contribution in [1.82, 2.24) is 0 Å². The topological polar surface area (TPSA) is 0 Å². The fraction of sp³-hybridized carbons (Fsp3) is 0.375. The highest BCUT2D eigenvalue weighted by Gasteiger charge is 2.07. The average Bonchev–Trinajstić information content (AvgIpc) is 2.17. The second-order valence-corrected chi connectivity index (χ2v) is 4.77. The zero-order valence-electron chi connectivity index (χ0n) is 10.9. The highest BCUT2D eigenvalue weighted by molar-refractivity contribution is 5.78. The monoisotopic (exact) mass is 214 g/mol. The van der Waals surface area contributed by atoms with Gasteiger partial charge in [0.2, 0.25) is 0 Å². The van der Waals surface area contributed by atoms with Crippen LogP contribution >= 0.6 is 0 Å². The molecule has 0 unspecified atom stereocenters. The first kappa shape index (κ1) is 12.8. The summed E-state index contributed by atoms with van der Waals surface area (Å²) in [4.78, 5) is 0. The molecule has 0 N–H and O–H groups in total. The molecule has 0 bridgehead atoms. The average molecular weight is 214 g/mol. The molecule has 0 aliphatic heterocycles. The normalized spacial score (nSPS) is 11.9. The lowest BCUT2D eigenvalue weighted by Crippen LogP contribution is -1.94. The highest BCUT2D eigenvalue weighted by atomic mass is 14.1. The molecule has 0 aromatic heterocycles. The molecule has 0 saturated heterocycles. The first-order valence-electron chi connectivity index (χ1n) is 5.96. The van der Waals surface area contributed by atoms with Gasteiger partial charge in [-0.05, 0) is 42.9 Å². The van der Waals surface area contributed by atoms with Crippen LogP contribution in [0.25, 0.3) is 5.57 Å². The van der Waals surface area contributed by atoms with E-state index in [1.165, 1.54) is 22.3 Å². The molecule has 1 aromatic carbocycles. The van der Waals surface area contributed by atoms with E-state index in [0.717, 1.165) is 6.42 Å². The maximum Gasteiger partial charge on any atom is -0.0182 e. The van der Waals surface area contributed by atoms with E-state index in [0.29, 0.717) is 5.92 Å². The summed E-state index contributed by atoms with van der Waals surface area (Å²) in [6.07, 6.45) is 3.23. The molecule has 16 heavy (non-hydrogen) atoms. The van der Waals surface area contributed by atoms with Gasteiger partial charge in [-0.3, -0.25) is 0 Å². The summed E-state index contributed by atoms with van der Waals surface area (Å²) < 4.78 is 0. The van der Waals surface area contributed by atoms with Crippen LogP contribution in [0.3, 0.4) is 0 Å². The van der Waals surface area contributed by atoms with Crippen LogP contribution < -0.4 is 0 Å². The van der Waals surface area contributed by atoms with Crippen molar-refractivity contribution >= 4 is 5.57 Å². The largest absolute Gasteiger partial charge is 0.0952 e. The fourth-order valence-corrected chi connectivity index (χ4v) is 1.99. The van der Waals surface area contributed by atoms with Crippen molar-refractivity contribution in [2.45, 2.75) is 34.1 Å². The molecule has 0 radical (unpaired) electrons. The zero-order valence-corrected chi connectivity index (χ0v) is 10.9. The van der Waals surface area contributed by atoms with Crippen molar-refractivity contribution < 1.29 is 0 Å². The first-order valence-corrected chi connectivity index (χ1v) is 5.96. The summed E-state index contributed by atoms with van der Waals surface area (Å²) in [5, 5.41) is 0. The number of benzene rings is 1. The molecule has 0 atom stereocenters. The molecule has 0 saturated carbocycles. The molecule has 0 heterocycles. The Labute approximate surface area is 99.7 Å². The number of aryl methyl sites for hydroxylation is 1. The number of rotatable bonds is 4. The molecular weight excluding hydrogens is 192 g/mol. The van der Waals surface area contributed by atoms with Crippen LogP contribution in [-0.4, -0.2) is 0 Å². The second kappa shape index (κ2) is 5.69. The maximum atomic E-state index is 4.20. The van der Waals surface area contributed by atoms with E-state index in [1.807, 2.05) is 0 Å². The van der Waals surface area contributed by atoms with Crippen molar-refractivity contribution in [3.05, 3.63) is 53.6 Å². The van der Waals surface area contributed by atoms with E-state index < -0.39 is 0 Å². The van der Waals surface area contributed by atoms with Crippen LogP contribution in [0.4, 0.5) is 0 Å². The van der Waals surface area contributed by atoms with Gasteiger partial charge in [0.15, 0.2) is 0 Å². The molecule has 0 spiro atoms. The van der Waals surface area contributed by atoms with Crippen LogP contribution in [0.15, 0.2) is 42.5 Å². The summed E-state index contributed by atoms with van der Waals surface area (Å²) in [7, 11) is 0. The van der Waals surface area contributed by atoms with E-state index in [-0.39, 0.29) is 0 Å². The predicted molar refractivity (Wildman–Crippen MR) is 73.4 cm³/mol. The van der Waals surface area contributed by atoms with Gasteiger partial charge in [0, 0.05) is 0 Å². The predicted octanol–water partition coefficient (Wildman–Crippen LogP) is 5.00. The van der Waals surface area contributed by atoms with Crippen LogP contribution in [0.2, 0.25) is 0 Å². The van der Waals surface area contributed by atoms with Gasteiger partial charge < -0.3 is 0 Å². The van der Waals surface area contributed by atoms with E-state index >= 15 is 0 Å². The van der Waals surface area contributed by atoms with Gasteiger partial charge in [-0.25, -0.2) is 0 Å². The molecule has 0 aliphatic rings. The third kappa shape index (κ3) is 3.37. The summed E-state index contributed by atoms with van der Waals surface area (Å²) >= 11 is 0. The Balaban J connectivity index is 2.96. The number of allylic oxidation sites excluding steroid dienone is 3. The minimum Gasteiger partial charge on any atom is -0.0952 e. The first-order chi connectivity index (χ1) is 7.54. The fourth-order valence-electron chi connectivity index (χ4n) is 1.99. The molecule has 86 valence electrons. The quantitative estimate of drug-likeness (QED) is 0.619. The minimum atomic E-state index is 0.659. The SMILES string of the molecule is C=C(CC(C)C)C(=CC)c1cccc(C)c1. The zero-order chi connectivity index (χ0) is 12.1. The van der Waals surface area contributed by atoms with Crippen molar-refractivity contribution in [3.63, 3.8) is 0 Å². The molecule has 0 aliphatic carbocycles. The molecule has 0 amide bonds. The lowest BCUT2D eigenvalue weighted by Gasteiger charge is -2.13. The molecule has 0 fully saturated rings. The Morgan fingerprint density at radius 2 is 2.06 bits per heavy atom. The molecular formula is C16H22. The second-order valence-electron chi connectivity index (χ2n) is 4.77. The summed E-state index contributed by atoms with van der Waals surface area (Å²) in [6, 6.07) is 8.62. The van der Waals surface area contributed by atoms with Gasteiger partial charge in [0.05, 0.1) is 0 Å². The minimum absolute atomic E-state index is 0.659. The molecule has 0 heteroatoms. The van der Waals surface area contributed by atoms with Gasteiger partial charge in [0.25, 0.3) is 0 Å². The standard InChI is InChI=1S/C16H22/c1-6-16(14(5)10-12(2)3)15-9-7-8-13(4)11-15/h6-9,11-12H,5,10H2,1-4H3. The van der Waals surface area contributed by atoms with Crippen molar-refractivity contribution in [2.75, 3.05) is 0 Å². The van der Waals surface area contributed by atoms with Gasteiger partial charge in [-0.2, -0.15) is 0 Å². The van der Waals surface area contributed by atoms with E-state index in [2.05, 4.69) is 64.6 Å². The summed E-state index contributed by atoms with van der Waals surface area (Å²) in [6.45, 7) is 12.9.